The van der Waals surface area contributed by atoms with E-state index in [1.165, 1.54) is 11.4 Å². The quantitative estimate of drug-likeness (QED) is 0.780. The summed E-state index contributed by atoms with van der Waals surface area (Å²) in [6, 6.07) is 0. The number of hydrogen-bond acceptors (Lipinski definition) is 2. The van der Waals surface area contributed by atoms with E-state index in [1.54, 1.807) is 0 Å². The maximum Gasteiger partial charge on any atom is 0.279 e. The zero-order valence-corrected chi connectivity index (χ0v) is 10.9. The van der Waals surface area contributed by atoms with Gasteiger partial charge in [-0.2, -0.15) is 12.7 Å². The minimum atomic E-state index is -3.21. The molecule has 1 fully saturated rings. The minimum absolute atomic E-state index is 0.287. The van der Waals surface area contributed by atoms with Crippen LogP contribution >= 0.6 is 0 Å². The summed E-state index contributed by atoms with van der Waals surface area (Å²) in [5.41, 5.74) is 0.287. The Kier molecular flexibility index (Phi) is 3.79. The second-order valence-corrected chi connectivity index (χ2v) is 7.12. The molecule has 15 heavy (non-hydrogen) atoms. The van der Waals surface area contributed by atoms with E-state index < -0.39 is 10.2 Å². The lowest BCUT2D eigenvalue weighted by Crippen LogP contribution is -2.45. The molecule has 4 nitrogen and oxygen atoms in total. The van der Waals surface area contributed by atoms with E-state index in [0.29, 0.717) is 19.0 Å². The molecule has 0 unspecified atom stereocenters. The van der Waals surface area contributed by atoms with Gasteiger partial charge in [-0.05, 0) is 24.2 Å². The standard InChI is InChI=1S/C10H22N2O2S/c1-10(2,3)9-5-7-12(8-6-9)15(13,14)11-4/h9,11H,5-8H2,1-4H3. The molecule has 0 aromatic heterocycles. The lowest BCUT2D eigenvalue weighted by molar-refractivity contribution is 0.153. The van der Waals surface area contributed by atoms with Crippen LogP contribution in [0.25, 0.3) is 0 Å². The summed E-state index contributed by atoms with van der Waals surface area (Å²) in [6.07, 6.45) is 1.93. The van der Waals surface area contributed by atoms with Crippen molar-refractivity contribution in [2.75, 3.05) is 20.1 Å². The predicted molar refractivity (Wildman–Crippen MR) is 61.7 cm³/mol. The summed E-state index contributed by atoms with van der Waals surface area (Å²) in [7, 11) is -1.74. The molecule has 0 aromatic carbocycles. The molecule has 1 aliphatic rings. The van der Waals surface area contributed by atoms with Crippen molar-refractivity contribution in [3.05, 3.63) is 0 Å². The molecule has 0 atom stereocenters. The first-order valence-electron chi connectivity index (χ1n) is 5.46. The van der Waals surface area contributed by atoms with Gasteiger partial charge < -0.3 is 0 Å². The SMILES string of the molecule is CNS(=O)(=O)N1CCC(C(C)(C)C)CC1. The Balaban J connectivity index is 2.57. The molecule has 0 radical (unpaired) electrons. The Labute approximate surface area is 93.2 Å². The smallest absolute Gasteiger partial charge is 0.205 e. The first-order chi connectivity index (χ1) is 6.77. The van der Waals surface area contributed by atoms with Gasteiger partial charge in [0, 0.05) is 20.1 Å². The Morgan fingerprint density at radius 3 is 2.00 bits per heavy atom. The number of rotatable bonds is 2. The number of nitrogens with one attached hydrogen (secondary N) is 1. The number of hydrogen-bond donors (Lipinski definition) is 1. The highest BCUT2D eigenvalue weighted by molar-refractivity contribution is 7.87. The van der Waals surface area contributed by atoms with Crippen LogP contribution in [0.4, 0.5) is 0 Å². The van der Waals surface area contributed by atoms with Crippen LogP contribution in [0.15, 0.2) is 0 Å². The van der Waals surface area contributed by atoms with E-state index in [-0.39, 0.29) is 5.41 Å². The first kappa shape index (κ1) is 12.9. The van der Waals surface area contributed by atoms with Crippen molar-refractivity contribution >= 4 is 10.2 Å². The summed E-state index contributed by atoms with van der Waals surface area (Å²) in [5.74, 6) is 0.626. The van der Waals surface area contributed by atoms with Crippen molar-refractivity contribution < 1.29 is 8.42 Å². The molecule has 0 aromatic rings. The second-order valence-electron chi connectivity index (χ2n) is 5.25. The molecular weight excluding hydrogens is 212 g/mol. The zero-order chi connectivity index (χ0) is 11.7. The largest absolute Gasteiger partial charge is 0.279 e. The van der Waals surface area contributed by atoms with Crippen LogP contribution in [0.2, 0.25) is 0 Å². The molecule has 5 heteroatoms. The third-order valence-electron chi connectivity index (χ3n) is 3.28. The molecule has 0 amide bonds. The van der Waals surface area contributed by atoms with Crippen LogP contribution in [0, 0.1) is 11.3 Å². The fourth-order valence-electron chi connectivity index (χ4n) is 2.09. The molecule has 1 rings (SSSR count). The molecular formula is C10H22N2O2S. The van der Waals surface area contributed by atoms with Crippen molar-refractivity contribution in [3.8, 4) is 0 Å². The van der Waals surface area contributed by atoms with E-state index >= 15 is 0 Å². The molecule has 0 aliphatic carbocycles. The summed E-state index contributed by atoms with van der Waals surface area (Å²) in [6.45, 7) is 7.95. The highest BCUT2D eigenvalue weighted by Crippen LogP contribution is 2.34. The monoisotopic (exact) mass is 234 g/mol. The van der Waals surface area contributed by atoms with Crippen LogP contribution in [-0.4, -0.2) is 32.9 Å². The van der Waals surface area contributed by atoms with Gasteiger partial charge in [-0.25, -0.2) is 4.72 Å². The first-order valence-corrected chi connectivity index (χ1v) is 6.90. The molecule has 1 saturated heterocycles. The van der Waals surface area contributed by atoms with Crippen LogP contribution in [0.3, 0.4) is 0 Å². The van der Waals surface area contributed by atoms with Gasteiger partial charge in [0.25, 0.3) is 10.2 Å². The Hall–Kier alpha value is -0.130. The maximum absolute atomic E-state index is 11.5. The van der Waals surface area contributed by atoms with Gasteiger partial charge in [-0.15, -0.1) is 0 Å². The van der Waals surface area contributed by atoms with Gasteiger partial charge >= 0.3 is 0 Å². The third-order valence-corrected chi connectivity index (χ3v) is 4.84. The molecule has 0 spiro atoms. The Morgan fingerprint density at radius 2 is 1.67 bits per heavy atom. The Morgan fingerprint density at radius 1 is 1.20 bits per heavy atom. The molecule has 90 valence electrons. The van der Waals surface area contributed by atoms with Gasteiger partial charge in [0.1, 0.15) is 0 Å². The molecule has 1 heterocycles. The molecule has 0 bridgehead atoms. The number of nitrogens with zero attached hydrogens (tertiary/aromatic N) is 1. The average Bonchev–Trinajstić information content (AvgIpc) is 2.17. The third kappa shape index (κ3) is 3.16. The minimum Gasteiger partial charge on any atom is -0.205 e. The van der Waals surface area contributed by atoms with Crippen LogP contribution < -0.4 is 4.72 Å². The Bertz CT molecular complexity index is 298. The van der Waals surface area contributed by atoms with Crippen molar-refractivity contribution in [2.24, 2.45) is 11.3 Å². The van der Waals surface area contributed by atoms with Crippen LogP contribution in [0.5, 0.6) is 0 Å². The van der Waals surface area contributed by atoms with Gasteiger partial charge in [0.05, 0.1) is 0 Å². The van der Waals surface area contributed by atoms with E-state index in [9.17, 15) is 8.42 Å². The van der Waals surface area contributed by atoms with Gasteiger partial charge in [0.2, 0.25) is 0 Å². The van der Waals surface area contributed by atoms with Crippen molar-refractivity contribution in [2.45, 2.75) is 33.6 Å². The summed E-state index contributed by atoms with van der Waals surface area (Å²) in [5, 5.41) is 0. The van der Waals surface area contributed by atoms with E-state index in [1.807, 2.05) is 0 Å². The summed E-state index contributed by atoms with van der Waals surface area (Å²) in [4.78, 5) is 0. The highest BCUT2D eigenvalue weighted by atomic mass is 32.2. The van der Waals surface area contributed by atoms with Crippen molar-refractivity contribution in [1.82, 2.24) is 9.03 Å². The topological polar surface area (TPSA) is 49.4 Å². The predicted octanol–water partition coefficient (Wildman–Crippen LogP) is 1.21. The summed E-state index contributed by atoms with van der Waals surface area (Å²) >= 11 is 0. The zero-order valence-electron chi connectivity index (χ0n) is 10.1. The normalized spacial score (nSPS) is 21.9. The van der Waals surface area contributed by atoms with Crippen molar-refractivity contribution in [1.29, 1.82) is 0 Å². The number of piperidine rings is 1. The van der Waals surface area contributed by atoms with Gasteiger partial charge in [-0.3, -0.25) is 0 Å². The van der Waals surface area contributed by atoms with Crippen LogP contribution in [0.1, 0.15) is 33.6 Å². The second kappa shape index (κ2) is 4.39. The summed E-state index contributed by atoms with van der Waals surface area (Å²) < 4.78 is 27.0. The van der Waals surface area contributed by atoms with Gasteiger partial charge in [0.15, 0.2) is 0 Å². The molecule has 1 aliphatic heterocycles. The van der Waals surface area contributed by atoms with E-state index in [0.717, 1.165) is 12.8 Å². The fraction of sp³-hybridized carbons (Fsp3) is 1.00. The highest BCUT2D eigenvalue weighted by Gasteiger charge is 2.32. The average molecular weight is 234 g/mol. The maximum atomic E-state index is 11.5. The lowest BCUT2D eigenvalue weighted by atomic mass is 9.76. The van der Waals surface area contributed by atoms with Crippen LogP contribution in [-0.2, 0) is 10.2 Å². The van der Waals surface area contributed by atoms with Gasteiger partial charge in [-0.1, -0.05) is 20.8 Å². The molecule has 0 saturated carbocycles. The van der Waals surface area contributed by atoms with E-state index in [2.05, 4.69) is 25.5 Å². The van der Waals surface area contributed by atoms with E-state index in [4.69, 9.17) is 0 Å². The molecule has 1 N–H and O–H groups in total. The van der Waals surface area contributed by atoms with Crippen molar-refractivity contribution in [3.63, 3.8) is 0 Å². The lowest BCUT2D eigenvalue weighted by Gasteiger charge is -2.37. The fourth-order valence-corrected chi connectivity index (χ4v) is 3.04.